The quantitative estimate of drug-likeness (QED) is 0.421. The molecule has 4 rings (SSSR count). The predicted molar refractivity (Wildman–Crippen MR) is 138 cm³/mol. The molecule has 0 fully saturated rings. The van der Waals surface area contributed by atoms with Crippen LogP contribution in [-0.2, 0) is 25.7 Å². The fraction of sp³-hybridized carbons (Fsp3) is 0.433. The molecule has 33 heavy (non-hydrogen) atoms. The second kappa shape index (κ2) is 10.5. The van der Waals surface area contributed by atoms with E-state index in [1.165, 1.54) is 52.6 Å². The molecule has 1 atom stereocenters. The first kappa shape index (κ1) is 23.5. The lowest BCUT2D eigenvalue weighted by atomic mass is 9.87. The highest BCUT2D eigenvalue weighted by Gasteiger charge is 2.22. The summed E-state index contributed by atoms with van der Waals surface area (Å²) < 4.78 is 6.00. The number of hydrogen-bond acceptors (Lipinski definition) is 3. The van der Waals surface area contributed by atoms with Gasteiger partial charge in [0.05, 0.1) is 12.8 Å². The van der Waals surface area contributed by atoms with E-state index in [0.29, 0.717) is 6.04 Å². The molecule has 1 heterocycles. The number of aryl methyl sites for hydroxylation is 4. The van der Waals surface area contributed by atoms with E-state index < -0.39 is 0 Å². The molecule has 2 aromatic carbocycles. The van der Waals surface area contributed by atoms with Gasteiger partial charge in [0.2, 0.25) is 0 Å². The minimum atomic E-state index is 0.443. The van der Waals surface area contributed by atoms with Gasteiger partial charge in [0, 0.05) is 28.4 Å². The largest absolute Gasteiger partial charge is 0.496 e. The van der Waals surface area contributed by atoms with Gasteiger partial charge in [-0.15, -0.1) is 0 Å². The summed E-state index contributed by atoms with van der Waals surface area (Å²) in [4.78, 5) is 5.16. The normalized spacial score (nSPS) is 15.4. The molecule has 1 aliphatic rings. The van der Waals surface area contributed by atoms with E-state index in [1.54, 1.807) is 7.11 Å². The van der Waals surface area contributed by atoms with Crippen molar-refractivity contribution in [2.45, 2.75) is 72.3 Å². The van der Waals surface area contributed by atoms with Gasteiger partial charge in [-0.25, -0.2) is 0 Å². The van der Waals surface area contributed by atoms with Crippen LogP contribution >= 0.6 is 0 Å². The van der Waals surface area contributed by atoms with Crippen LogP contribution in [0.25, 0.3) is 11.3 Å². The van der Waals surface area contributed by atoms with Crippen LogP contribution < -0.4 is 10.1 Å². The average molecular weight is 443 g/mol. The Bertz CT molecular complexity index is 1100. The minimum Gasteiger partial charge on any atom is -0.496 e. The summed E-state index contributed by atoms with van der Waals surface area (Å²) in [5.41, 5.74) is 11.5. The van der Waals surface area contributed by atoms with E-state index >= 15 is 0 Å². The fourth-order valence-corrected chi connectivity index (χ4v) is 5.52. The van der Waals surface area contributed by atoms with Crippen LogP contribution in [0.5, 0.6) is 5.75 Å². The van der Waals surface area contributed by atoms with E-state index in [-0.39, 0.29) is 0 Å². The Kier molecular flexibility index (Phi) is 7.49. The number of ether oxygens (including phenoxy) is 1. The van der Waals surface area contributed by atoms with Crippen molar-refractivity contribution in [3.8, 4) is 17.0 Å². The highest BCUT2D eigenvalue weighted by molar-refractivity contribution is 5.74. The third kappa shape index (κ3) is 4.70. The fourth-order valence-electron chi connectivity index (χ4n) is 5.52. The summed E-state index contributed by atoms with van der Waals surface area (Å²) in [6, 6.07) is 16.0. The molecular weight excluding hydrogens is 404 g/mol. The van der Waals surface area contributed by atoms with Crippen LogP contribution in [0.3, 0.4) is 0 Å². The molecule has 3 aromatic rings. The van der Waals surface area contributed by atoms with Crippen LogP contribution in [0, 0.1) is 13.8 Å². The summed E-state index contributed by atoms with van der Waals surface area (Å²) in [5, 5.41) is 3.82. The summed E-state index contributed by atoms with van der Waals surface area (Å²) in [6.45, 7) is 9.67. The monoisotopic (exact) mass is 442 g/mol. The highest BCUT2D eigenvalue weighted by atomic mass is 16.5. The first-order valence-corrected chi connectivity index (χ1v) is 12.5. The van der Waals surface area contributed by atoms with Crippen molar-refractivity contribution in [1.29, 1.82) is 0 Å². The maximum Gasteiger partial charge on any atom is 0.128 e. The molecule has 1 aromatic heterocycles. The van der Waals surface area contributed by atoms with E-state index in [0.717, 1.165) is 48.5 Å². The van der Waals surface area contributed by atoms with Crippen LogP contribution in [0.4, 0.5) is 0 Å². The Morgan fingerprint density at radius 1 is 1.00 bits per heavy atom. The highest BCUT2D eigenvalue weighted by Crippen LogP contribution is 2.37. The standard InChI is InChI=1S/C30H38N2O/c1-6-22-13-10-14-23(7-2)28(22)29-20(3)30(33-5)25(21(4)32-29)18-19-31-27-17-11-15-24-12-8-9-16-26(24)27/h8-10,12-14,16,27,31H,6-7,11,15,17-19H2,1-5H3. The molecule has 0 spiro atoms. The number of hydrogen-bond donors (Lipinski definition) is 1. The lowest BCUT2D eigenvalue weighted by Gasteiger charge is -2.27. The Morgan fingerprint density at radius 2 is 1.73 bits per heavy atom. The van der Waals surface area contributed by atoms with Crippen molar-refractivity contribution in [3.05, 3.63) is 81.5 Å². The van der Waals surface area contributed by atoms with Crippen molar-refractivity contribution in [2.75, 3.05) is 13.7 Å². The zero-order valence-electron chi connectivity index (χ0n) is 20.9. The lowest BCUT2D eigenvalue weighted by molar-refractivity contribution is 0.402. The molecule has 1 N–H and O–H groups in total. The van der Waals surface area contributed by atoms with Gasteiger partial charge in [-0.2, -0.15) is 0 Å². The van der Waals surface area contributed by atoms with Gasteiger partial charge in [0.1, 0.15) is 5.75 Å². The number of pyridine rings is 1. The zero-order valence-corrected chi connectivity index (χ0v) is 20.9. The summed E-state index contributed by atoms with van der Waals surface area (Å²) in [5.74, 6) is 0.997. The third-order valence-electron chi connectivity index (χ3n) is 7.26. The van der Waals surface area contributed by atoms with Gasteiger partial charge >= 0.3 is 0 Å². The second-order valence-corrected chi connectivity index (χ2v) is 9.19. The topological polar surface area (TPSA) is 34.2 Å². The number of methoxy groups -OCH3 is 1. The number of rotatable bonds is 8. The Labute approximate surface area is 199 Å². The second-order valence-electron chi connectivity index (χ2n) is 9.19. The van der Waals surface area contributed by atoms with E-state index in [2.05, 4.69) is 75.5 Å². The average Bonchev–Trinajstić information content (AvgIpc) is 2.85. The molecule has 3 nitrogen and oxygen atoms in total. The van der Waals surface area contributed by atoms with Crippen molar-refractivity contribution >= 4 is 0 Å². The van der Waals surface area contributed by atoms with Crippen LogP contribution in [0.1, 0.15) is 71.8 Å². The van der Waals surface area contributed by atoms with Gasteiger partial charge in [-0.3, -0.25) is 4.98 Å². The van der Waals surface area contributed by atoms with E-state index in [1.807, 2.05) is 0 Å². The minimum absolute atomic E-state index is 0.443. The third-order valence-corrected chi connectivity index (χ3v) is 7.26. The molecule has 0 aliphatic heterocycles. The number of fused-ring (bicyclic) bond motifs is 1. The number of nitrogens with zero attached hydrogens (tertiary/aromatic N) is 1. The summed E-state index contributed by atoms with van der Waals surface area (Å²) in [7, 11) is 1.80. The molecule has 0 bridgehead atoms. The van der Waals surface area contributed by atoms with Gasteiger partial charge in [0.25, 0.3) is 0 Å². The molecule has 1 unspecified atom stereocenters. The van der Waals surface area contributed by atoms with Crippen molar-refractivity contribution in [2.24, 2.45) is 0 Å². The van der Waals surface area contributed by atoms with E-state index in [9.17, 15) is 0 Å². The van der Waals surface area contributed by atoms with Crippen LogP contribution in [-0.4, -0.2) is 18.6 Å². The van der Waals surface area contributed by atoms with Crippen molar-refractivity contribution in [3.63, 3.8) is 0 Å². The maximum absolute atomic E-state index is 6.00. The molecule has 174 valence electrons. The Balaban J connectivity index is 1.61. The van der Waals surface area contributed by atoms with Crippen LogP contribution in [0.15, 0.2) is 42.5 Å². The van der Waals surface area contributed by atoms with Gasteiger partial charge < -0.3 is 10.1 Å². The first-order valence-electron chi connectivity index (χ1n) is 12.5. The van der Waals surface area contributed by atoms with Crippen LogP contribution in [0.2, 0.25) is 0 Å². The molecule has 3 heteroatoms. The number of nitrogens with one attached hydrogen (secondary N) is 1. The Morgan fingerprint density at radius 3 is 2.42 bits per heavy atom. The molecule has 1 aliphatic carbocycles. The van der Waals surface area contributed by atoms with Gasteiger partial charge in [0.15, 0.2) is 0 Å². The first-order chi connectivity index (χ1) is 16.1. The summed E-state index contributed by atoms with van der Waals surface area (Å²) in [6.07, 6.45) is 6.57. The van der Waals surface area contributed by atoms with Gasteiger partial charge in [-0.05, 0) is 81.2 Å². The molecule has 0 saturated carbocycles. The Hall–Kier alpha value is -2.65. The smallest absolute Gasteiger partial charge is 0.128 e. The number of aromatic nitrogens is 1. The molecule has 0 saturated heterocycles. The number of benzene rings is 2. The molecule has 0 radical (unpaired) electrons. The molecular formula is C30H38N2O. The van der Waals surface area contributed by atoms with Crippen molar-refractivity contribution < 1.29 is 4.74 Å². The van der Waals surface area contributed by atoms with Gasteiger partial charge in [-0.1, -0.05) is 56.3 Å². The predicted octanol–water partition coefficient (Wildman–Crippen LogP) is 6.71. The zero-order chi connectivity index (χ0) is 23.4. The van der Waals surface area contributed by atoms with Crippen molar-refractivity contribution in [1.82, 2.24) is 10.3 Å². The summed E-state index contributed by atoms with van der Waals surface area (Å²) >= 11 is 0. The molecule has 0 amide bonds. The van der Waals surface area contributed by atoms with E-state index in [4.69, 9.17) is 9.72 Å². The SMILES string of the molecule is CCc1cccc(CC)c1-c1nc(C)c(CCNC2CCCc3ccccc32)c(OC)c1C. The lowest BCUT2D eigenvalue weighted by Crippen LogP contribution is -2.27. The maximum atomic E-state index is 6.00.